The third-order valence-corrected chi connectivity index (χ3v) is 5.94. The monoisotopic (exact) mass is 430 g/mol. The summed E-state index contributed by atoms with van der Waals surface area (Å²) in [6.07, 6.45) is 8.42. The second kappa shape index (κ2) is 12.1. The number of benzene rings is 2. The molecule has 3 rings (SSSR count). The van der Waals surface area contributed by atoms with E-state index in [1.807, 2.05) is 31.2 Å². The summed E-state index contributed by atoms with van der Waals surface area (Å²) in [6, 6.07) is 12.0. The smallest absolute Gasteiger partial charge is 0.314 e. The molecule has 0 N–H and O–H groups in total. The highest BCUT2D eigenvalue weighted by Gasteiger charge is 2.27. The maximum absolute atomic E-state index is 14.5. The zero-order chi connectivity index (χ0) is 22.8. The largest absolute Gasteiger partial charge is 0.426 e. The molecule has 2 aromatic rings. The predicted octanol–water partition coefficient (Wildman–Crippen LogP) is 6.89. The molecule has 0 radical (unpaired) electrons. The molecule has 0 spiro atoms. The third kappa shape index (κ3) is 7.00. The summed E-state index contributed by atoms with van der Waals surface area (Å²) in [5.74, 6) is 12.1. The maximum Gasteiger partial charge on any atom is 0.314 e. The van der Waals surface area contributed by atoms with Crippen molar-refractivity contribution >= 4 is 5.97 Å². The van der Waals surface area contributed by atoms with Gasteiger partial charge in [0, 0.05) is 23.6 Å². The van der Waals surface area contributed by atoms with Crippen molar-refractivity contribution in [2.75, 3.05) is 0 Å². The van der Waals surface area contributed by atoms with Gasteiger partial charge in [-0.3, -0.25) is 4.79 Å². The minimum absolute atomic E-state index is 0.0830. The average Bonchev–Trinajstić information content (AvgIpc) is 2.82. The van der Waals surface area contributed by atoms with Crippen LogP contribution in [-0.2, 0) is 4.79 Å². The number of rotatable bonds is 5. The Labute approximate surface area is 191 Å². The predicted molar refractivity (Wildman–Crippen MR) is 127 cm³/mol. The van der Waals surface area contributed by atoms with E-state index < -0.39 is 5.82 Å². The molecule has 0 amide bonds. The zero-order valence-corrected chi connectivity index (χ0v) is 19.0. The Bertz CT molecular complexity index is 1020. The highest BCUT2D eigenvalue weighted by atomic mass is 19.1. The standard InChI is InChI=1S/C29H31FO2/c1-3-5-7-22-9-11-24(12-10-22)13-16-25-19-20-27(21-28(25)30)32-29(31)26-17-14-23(15-18-26)8-6-4-2/h9-12,19-21,23,26H,3-4,6,8,14-15,17-18H2,1-2H3. The molecule has 1 fully saturated rings. The molecule has 0 bridgehead atoms. The van der Waals surface area contributed by atoms with Crippen LogP contribution in [0.25, 0.3) is 0 Å². The van der Waals surface area contributed by atoms with Crippen LogP contribution in [0.3, 0.4) is 0 Å². The summed E-state index contributed by atoms with van der Waals surface area (Å²) in [7, 11) is 0. The molecule has 1 aliphatic rings. The van der Waals surface area contributed by atoms with Crippen molar-refractivity contribution in [1.82, 2.24) is 0 Å². The normalized spacial score (nSPS) is 17.5. The van der Waals surface area contributed by atoms with Crippen molar-refractivity contribution in [3.8, 4) is 29.4 Å². The van der Waals surface area contributed by atoms with Gasteiger partial charge in [0.25, 0.3) is 0 Å². The van der Waals surface area contributed by atoms with E-state index in [1.165, 1.54) is 25.3 Å². The van der Waals surface area contributed by atoms with Gasteiger partial charge in [-0.25, -0.2) is 4.39 Å². The van der Waals surface area contributed by atoms with Crippen LogP contribution in [0.5, 0.6) is 5.75 Å². The fraction of sp³-hybridized carbons (Fsp3) is 0.414. The number of carbonyl (C=O) groups excluding carboxylic acids is 1. The van der Waals surface area contributed by atoms with E-state index >= 15 is 0 Å². The van der Waals surface area contributed by atoms with Gasteiger partial charge in [-0.15, -0.1) is 0 Å². The van der Waals surface area contributed by atoms with E-state index in [1.54, 1.807) is 12.1 Å². The molecular weight excluding hydrogens is 399 g/mol. The second-order valence-corrected chi connectivity index (χ2v) is 8.41. The Balaban J connectivity index is 1.56. The summed E-state index contributed by atoms with van der Waals surface area (Å²) in [5.41, 5.74) is 2.00. The van der Waals surface area contributed by atoms with E-state index in [4.69, 9.17) is 4.74 Å². The summed E-state index contributed by atoms with van der Waals surface area (Å²) in [4.78, 5) is 12.5. The van der Waals surface area contributed by atoms with Crippen molar-refractivity contribution in [2.24, 2.45) is 11.8 Å². The van der Waals surface area contributed by atoms with Gasteiger partial charge >= 0.3 is 5.97 Å². The number of unbranched alkanes of at least 4 members (excludes halogenated alkanes) is 1. The average molecular weight is 431 g/mol. The first-order valence-electron chi connectivity index (χ1n) is 11.7. The summed E-state index contributed by atoms with van der Waals surface area (Å²) < 4.78 is 20.0. The number of carbonyl (C=O) groups is 1. The van der Waals surface area contributed by atoms with E-state index in [0.717, 1.165) is 49.1 Å². The number of halogens is 1. The van der Waals surface area contributed by atoms with Gasteiger partial charge < -0.3 is 4.74 Å². The molecule has 0 atom stereocenters. The first-order valence-corrected chi connectivity index (χ1v) is 11.7. The van der Waals surface area contributed by atoms with Gasteiger partial charge in [0.05, 0.1) is 11.5 Å². The maximum atomic E-state index is 14.5. The molecule has 2 aromatic carbocycles. The lowest BCUT2D eigenvalue weighted by atomic mass is 9.80. The van der Waals surface area contributed by atoms with Crippen LogP contribution in [0, 0.1) is 41.3 Å². The molecular formula is C29H31FO2. The molecule has 0 unspecified atom stereocenters. The highest BCUT2D eigenvalue weighted by molar-refractivity contribution is 5.75. The molecule has 0 aromatic heterocycles. The number of esters is 1. The fourth-order valence-electron chi connectivity index (χ4n) is 4.01. The minimum Gasteiger partial charge on any atom is -0.426 e. The van der Waals surface area contributed by atoms with Crippen LogP contribution in [0.1, 0.15) is 81.9 Å². The van der Waals surface area contributed by atoms with Crippen LogP contribution in [-0.4, -0.2) is 5.97 Å². The lowest BCUT2D eigenvalue weighted by Gasteiger charge is -2.27. The van der Waals surface area contributed by atoms with Crippen LogP contribution < -0.4 is 4.74 Å². The van der Waals surface area contributed by atoms with E-state index in [0.29, 0.717) is 0 Å². The Kier molecular flexibility index (Phi) is 8.94. The zero-order valence-electron chi connectivity index (χ0n) is 19.0. The molecule has 0 heterocycles. The minimum atomic E-state index is -0.489. The quantitative estimate of drug-likeness (QED) is 0.293. The topological polar surface area (TPSA) is 26.3 Å². The summed E-state index contributed by atoms with van der Waals surface area (Å²) in [5, 5.41) is 0. The van der Waals surface area contributed by atoms with Gasteiger partial charge in [-0.1, -0.05) is 56.8 Å². The lowest BCUT2D eigenvalue weighted by molar-refractivity contribution is -0.140. The first kappa shape index (κ1) is 23.6. The van der Waals surface area contributed by atoms with Crippen LogP contribution in [0.15, 0.2) is 42.5 Å². The molecule has 1 aliphatic carbocycles. The number of hydrogen-bond acceptors (Lipinski definition) is 2. The van der Waals surface area contributed by atoms with Crippen LogP contribution in [0.4, 0.5) is 4.39 Å². The molecule has 1 saturated carbocycles. The van der Waals surface area contributed by atoms with Gasteiger partial charge in [-0.05, 0) is 68.0 Å². The Hall–Kier alpha value is -3.04. The van der Waals surface area contributed by atoms with Gasteiger partial charge in [0.2, 0.25) is 0 Å². The molecule has 0 saturated heterocycles. The van der Waals surface area contributed by atoms with Gasteiger partial charge in [0.1, 0.15) is 11.6 Å². The fourth-order valence-corrected chi connectivity index (χ4v) is 4.01. The number of hydrogen-bond donors (Lipinski definition) is 0. The van der Waals surface area contributed by atoms with Gasteiger partial charge in [-0.2, -0.15) is 0 Å². The highest BCUT2D eigenvalue weighted by Crippen LogP contribution is 2.33. The molecule has 3 heteroatoms. The van der Waals surface area contributed by atoms with Crippen LogP contribution in [0.2, 0.25) is 0 Å². The van der Waals surface area contributed by atoms with E-state index in [2.05, 4.69) is 30.6 Å². The molecule has 166 valence electrons. The lowest BCUT2D eigenvalue weighted by Crippen LogP contribution is -2.25. The van der Waals surface area contributed by atoms with Crippen molar-refractivity contribution in [2.45, 2.75) is 65.2 Å². The van der Waals surface area contributed by atoms with Crippen molar-refractivity contribution in [1.29, 1.82) is 0 Å². The van der Waals surface area contributed by atoms with Gasteiger partial charge in [0.15, 0.2) is 0 Å². The number of ether oxygens (including phenoxy) is 1. The Morgan fingerprint density at radius 3 is 2.28 bits per heavy atom. The Morgan fingerprint density at radius 2 is 1.66 bits per heavy atom. The Morgan fingerprint density at radius 1 is 0.969 bits per heavy atom. The summed E-state index contributed by atoms with van der Waals surface area (Å²) in [6.45, 7) is 4.22. The molecule has 2 nitrogen and oxygen atoms in total. The first-order chi connectivity index (χ1) is 15.6. The molecule has 32 heavy (non-hydrogen) atoms. The van der Waals surface area contributed by atoms with Crippen LogP contribution >= 0.6 is 0 Å². The van der Waals surface area contributed by atoms with Crippen molar-refractivity contribution < 1.29 is 13.9 Å². The van der Waals surface area contributed by atoms with E-state index in [-0.39, 0.29) is 23.2 Å². The SMILES string of the molecule is CCC#Cc1ccc(C#Cc2ccc(OC(=O)C3CCC(CCCC)CC3)cc2F)cc1. The second-order valence-electron chi connectivity index (χ2n) is 8.41. The third-order valence-electron chi connectivity index (χ3n) is 5.94. The summed E-state index contributed by atoms with van der Waals surface area (Å²) >= 11 is 0. The molecule has 0 aliphatic heterocycles. The van der Waals surface area contributed by atoms with Crippen molar-refractivity contribution in [3.63, 3.8) is 0 Å². The van der Waals surface area contributed by atoms with Crippen molar-refractivity contribution in [3.05, 3.63) is 65.0 Å². The van der Waals surface area contributed by atoms with E-state index in [9.17, 15) is 9.18 Å².